The highest BCUT2D eigenvalue weighted by molar-refractivity contribution is 7.17. The van der Waals surface area contributed by atoms with Gasteiger partial charge in [0.05, 0.1) is 6.61 Å². The van der Waals surface area contributed by atoms with Crippen LogP contribution in [0, 0.1) is 0 Å². The minimum absolute atomic E-state index is 0.673. The molecule has 0 bridgehead atoms. The first-order valence-corrected chi connectivity index (χ1v) is 5.56. The van der Waals surface area contributed by atoms with Crippen LogP contribution in [-0.2, 0) is 12.8 Å². The highest BCUT2D eigenvalue weighted by Crippen LogP contribution is 2.44. The van der Waals surface area contributed by atoms with Crippen molar-refractivity contribution in [1.82, 2.24) is 0 Å². The summed E-state index contributed by atoms with van der Waals surface area (Å²) in [6.07, 6.45) is 3.65. The lowest BCUT2D eigenvalue weighted by Crippen LogP contribution is -1.91. The maximum Gasteiger partial charge on any atom is 0.122 e. The topological polar surface area (TPSA) is 9.23 Å². The Morgan fingerprint density at radius 2 is 2.23 bits per heavy atom. The minimum Gasteiger partial charge on any atom is -0.493 e. The molecule has 1 aliphatic heterocycles. The summed E-state index contributed by atoms with van der Waals surface area (Å²) in [6, 6.07) is 4.38. The highest BCUT2D eigenvalue weighted by atomic mass is 31.0. The molecular formula is C11H13OP. The van der Waals surface area contributed by atoms with E-state index in [9.17, 15) is 0 Å². The van der Waals surface area contributed by atoms with Crippen molar-refractivity contribution in [3.05, 3.63) is 28.8 Å². The van der Waals surface area contributed by atoms with E-state index in [1.807, 2.05) is 0 Å². The first-order valence-electron chi connectivity index (χ1n) is 4.89. The van der Waals surface area contributed by atoms with Gasteiger partial charge in [-0.05, 0) is 35.7 Å². The fourth-order valence-electron chi connectivity index (χ4n) is 2.48. The van der Waals surface area contributed by atoms with Gasteiger partial charge in [0, 0.05) is 12.0 Å². The average Bonchev–Trinajstić information content (AvgIpc) is 2.70. The van der Waals surface area contributed by atoms with Gasteiger partial charge in [0.15, 0.2) is 0 Å². The van der Waals surface area contributed by atoms with Crippen LogP contribution in [0.4, 0.5) is 0 Å². The van der Waals surface area contributed by atoms with E-state index in [-0.39, 0.29) is 0 Å². The molecule has 1 nitrogen and oxygen atoms in total. The van der Waals surface area contributed by atoms with Crippen LogP contribution in [-0.4, -0.2) is 6.61 Å². The monoisotopic (exact) mass is 192 g/mol. The summed E-state index contributed by atoms with van der Waals surface area (Å²) in [5.41, 5.74) is 5.27. The standard InChI is InChI=1S/C11H13OP/c13-10-4-2-7-1-3-9-8(11(7)10)5-6-12-9/h1,3,10H,2,4-6,13H2. The third-order valence-electron chi connectivity index (χ3n) is 3.11. The van der Waals surface area contributed by atoms with Crippen LogP contribution < -0.4 is 4.74 Å². The molecule has 1 aliphatic carbocycles. The molecule has 68 valence electrons. The molecule has 0 N–H and O–H groups in total. The summed E-state index contributed by atoms with van der Waals surface area (Å²) in [4.78, 5) is 0. The van der Waals surface area contributed by atoms with Crippen molar-refractivity contribution in [3.63, 3.8) is 0 Å². The number of hydrogen-bond donors (Lipinski definition) is 0. The van der Waals surface area contributed by atoms with Gasteiger partial charge in [0.25, 0.3) is 0 Å². The summed E-state index contributed by atoms with van der Waals surface area (Å²) < 4.78 is 5.56. The van der Waals surface area contributed by atoms with Crippen molar-refractivity contribution in [2.45, 2.75) is 24.9 Å². The molecule has 13 heavy (non-hydrogen) atoms. The number of fused-ring (bicyclic) bond motifs is 3. The van der Waals surface area contributed by atoms with Crippen LogP contribution in [0.1, 0.15) is 28.8 Å². The Hall–Kier alpha value is -0.550. The van der Waals surface area contributed by atoms with Gasteiger partial charge < -0.3 is 4.74 Å². The molecule has 1 aromatic carbocycles. The van der Waals surface area contributed by atoms with E-state index in [1.54, 1.807) is 11.1 Å². The van der Waals surface area contributed by atoms with E-state index in [4.69, 9.17) is 4.74 Å². The first kappa shape index (κ1) is 7.82. The number of ether oxygens (including phenoxy) is 1. The van der Waals surface area contributed by atoms with Crippen LogP contribution in [0.2, 0.25) is 0 Å². The normalized spacial score (nSPS) is 23.9. The van der Waals surface area contributed by atoms with Gasteiger partial charge in [-0.15, -0.1) is 9.24 Å². The predicted octanol–water partition coefficient (Wildman–Crippen LogP) is 2.48. The smallest absolute Gasteiger partial charge is 0.122 e. The van der Waals surface area contributed by atoms with Crippen LogP contribution in [0.5, 0.6) is 5.75 Å². The number of benzene rings is 1. The van der Waals surface area contributed by atoms with E-state index in [1.165, 1.54) is 18.4 Å². The van der Waals surface area contributed by atoms with Crippen LogP contribution in [0.15, 0.2) is 12.1 Å². The van der Waals surface area contributed by atoms with Gasteiger partial charge in [0.2, 0.25) is 0 Å². The van der Waals surface area contributed by atoms with E-state index in [0.717, 1.165) is 18.8 Å². The van der Waals surface area contributed by atoms with Crippen molar-refractivity contribution in [2.24, 2.45) is 0 Å². The average molecular weight is 192 g/mol. The zero-order valence-electron chi connectivity index (χ0n) is 7.55. The van der Waals surface area contributed by atoms with E-state index >= 15 is 0 Å². The summed E-state index contributed by atoms with van der Waals surface area (Å²) >= 11 is 0. The Kier molecular flexibility index (Phi) is 1.63. The molecule has 2 heteroatoms. The fraction of sp³-hybridized carbons (Fsp3) is 0.455. The molecule has 0 saturated heterocycles. The zero-order chi connectivity index (χ0) is 8.84. The van der Waals surface area contributed by atoms with Crippen LogP contribution >= 0.6 is 9.24 Å². The largest absolute Gasteiger partial charge is 0.493 e. The van der Waals surface area contributed by atoms with Crippen molar-refractivity contribution >= 4 is 9.24 Å². The molecule has 0 saturated carbocycles. The molecule has 0 amide bonds. The van der Waals surface area contributed by atoms with Gasteiger partial charge in [-0.25, -0.2) is 0 Å². The van der Waals surface area contributed by atoms with Gasteiger partial charge in [0.1, 0.15) is 5.75 Å². The molecule has 2 unspecified atom stereocenters. The van der Waals surface area contributed by atoms with Crippen molar-refractivity contribution in [2.75, 3.05) is 6.61 Å². The van der Waals surface area contributed by atoms with Gasteiger partial charge in [-0.1, -0.05) is 6.07 Å². The molecule has 2 aliphatic rings. The van der Waals surface area contributed by atoms with Crippen LogP contribution in [0.25, 0.3) is 0 Å². The van der Waals surface area contributed by atoms with Gasteiger partial charge >= 0.3 is 0 Å². The second-order valence-corrected chi connectivity index (χ2v) is 4.66. The van der Waals surface area contributed by atoms with E-state index in [2.05, 4.69) is 21.4 Å². The molecule has 1 aromatic rings. The number of rotatable bonds is 0. The van der Waals surface area contributed by atoms with Gasteiger partial charge in [-0.2, -0.15) is 0 Å². The molecular weight excluding hydrogens is 179 g/mol. The zero-order valence-corrected chi connectivity index (χ0v) is 8.70. The minimum atomic E-state index is 0.673. The Labute approximate surface area is 80.7 Å². The second-order valence-electron chi connectivity index (χ2n) is 3.86. The Bertz CT molecular complexity index is 359. The third-order valence-corrected chi connectivity index (χ3v) is 3.78. The Balaban J connectivity index is 2.23. The van der Waals surface area contributed by atoms with Crippen molar-refractivity contribution < 1.29 is 4.74 Å². The molecule has 1 heterocycles. The first-order chi connectivity index (χ1) is 6.36. The molecule has 0 fully saturated rings. The Morgan fingerprint density at radius 1 is 1.31 bits per heavy atom. The van der Waals surface area contributed by atoms with Gasteiger partial charge in [-0.3, -0.25) is 0 Å². The SMILES string of the molecule is PC1CCc2ccc3c(c21)CCO3. The quantitative estimate of drug-likeness (QED) is 0.574. The van der Waals surface area contributed by atoms with E-state index < -0.39 is 0 Å². The number of hydrogen-bond acceptors (Lipinski definition) is 1. The lowest BCUT2D eigenvalue weighted by molar-refractivity contribution is 0.357. The molecule has 3 rings (SSSR count). The lowest BCUT2D eigenvalue weighted by atomic mass is 10.0. The number of aryl methyl sites for hydroxylation is 1. The lowest BCUT2D eigenvalue weighted by Gasteiger charge is -2.09. The Morgan fingerprint density at radius 3 is 3.15 bits per heavy atom. The molecule has 0 spiro atoms. The maximum atomic E-state index is 5.56. The molecule has 0 radical (unpaired) electrons. The van der Waals surface area contributed by atoms with E-state index in [0.29, 0.717) is 5.66 Å². The second kappa shape index (κ2) is 2.72. The predicted molar refractivity (Wildman–Crippen MR) is 56.4 cm³/mol. The summed E-state index contributed by atoms with van der Waals surface area (Å²) in [5.74, 6) is 1.13. The van der Waals surface area contributed by atoms with Crippen molar-refractivity contribution in [3.8, 4) is 5.75 Å². The summed E-state index contributed by atoms with van der Waals surface area (Å²) in [5, 5.41) is 0. The highest BCUT2D eigenvalue weighted by Gasteiger charge is 2.26. The van der Waals surface area contributed by atoms with Crippen LogP contribution in [0.3, 0.4) is 0 Å². The maximum absolute atomic E-state index is 5.56. The summed E-state index contributed by atoms with van der Waals surface area (Å²) in [7, 11) is 2.96. The molecule has 0 aromatic heterocycles. The van der Waals surface area contributed by atoms with Crippen molar-refractivity contribution in [1.29, 1.82) is 0 Å². The summed E-state index contributed by atoms with van der Waals surface area (Å²) in [6.45, 7) is 0.878. The molecule has 2 atom stereocenters. The third kappa shape index (κ3) is 1.03. The fourth-order valence-corrected chi connectivity index (χ4v) is 3.07.